The summed E-state index contributed by atoms with van der Waals surface area (Å²) in [5.41, 5.74) is 15.3. The molecule has 1 unspecified atom stereocenters. The van der Waals surface area contributed by atoms with Crippen LogP contribution in [0.25, 0.3) is 0 Å². The van der Waals surface area contributed by atoms with Crippen LogP contribution in [0.2, 0.25) is 0 Å². The summed E-state index contributed by atoms with van der Waals surface area (Å²) in [6, 6.07) is -0.820. The van der Waals surface area contributed by atoms with E-state index in [1.807, 2.05) is 0 Å². The first kappa shape index (κ1) is 17.1. The number of aliphatic carboxylic acids is 1. The van der Waals surface area contributed by atoms with Crippen LogP contribution in [-0.4, -0.2) is 34.9 Å². The number of carboxylic acid groups (broad SMARTS) is 1. The van der Waals surface area contributed by atoms with E-state index in [-0.39, 0.29) is 11.2 Å². The van der Waals surface area contributed by atoms with Crippen molar-refractivity contribution < 1.29 is 14.7 Å². The molecule has 0 heterocycles. The fraction of sp³-hybridized carbons (Fsp3) is 0.625. The highest BCUT2D eigenvalue weighted by Gasteiger charge is 2.09. The van der Waals surface area contributed by atoms with E-state index in [9.17, 15) is 9.59 Å². The fourth-order valence-corrected chi connectivity index (χ4v) is 0.643. The highest BCUT2D eigenvalue weighted by Crippen LogP contribution is 1.94. The van der Waals surface area contributed by atoms with Gasteiger partial charge in [-0.15, -0.1) is 0 Å². The zero-order chi connectivity index (χ0) is 13.1. The third kappa shape index (κ3) is 18.4. The molecule has 0 aromatic carbocycles. The molecule has 0 amide bonds. The summed E-state index contributed by atoms with van der Waals surface area (Å²) in [4.78, 5) is 23.1. The molecule has 16 heavy (non-hydrogen) atoms. The Hall–Kier alpha value is -1.34. The lowest BCUT2D eigenvalue weighted by Crippen LogP contribution is -2.30. The van der Waals surface area contributed by atoms with Crippen LogP contribution in [0.4, 0.5) is 0 Å². The third-order valence-electron chi connectivity index (χ3n) is 1.28. The molecule has 0 fully saturated rings. The Morgan fingerprint density at radius 1 is 1.44 bits per heavy atom. The zero-order valence-electron chi connectivity index (χ0n) is 9.02. The van der Waals surface area contributed by atoms with Crippen molar-refractivity contribution in [2.24, 2.45) is 22.2 Å². The minimum Gasteiger partial charge on any atom is -0.480 e. The summed E-state index contributed by atoms with van der Waals surface area (Å²) < 4.78 is 0. The molecule has 0 saturated heterocycles. The van der Waals surface area contributed by atoms with Crippen molar-refractivity contribution in [1.82, 2.24) is 0 Å². The molecular weight excluding hydrogens is 236 g/mol. The molecule has 0 aliphatic rings. The highest BCUT2D eigenvalue weighted by atomic mass is 35.5. The van der Waals surface area contributed by atoms with Crippen molar-refractivity contribution in [2.45, 2.75) is 25.8 Å². The van der Waals surface area contributed by atoms with E-state index < -0.39 is 12.0 Å². The number of nitrogens with two attached hydrogens (primary N) is 3. The second kappa shape index (κ2) is 10.2. The van der Waals surface area contributed by atoms with Gasteiger partial charge in [-0.05, 0) is 24.4 Å². The number of nitrogens with zero attached hydrogens (tertiary/aromatic N) is 1. The molecule has 1 atom stereocenters. The fourth-order valence-electron chi connectivity index (χ4n) is 0.643. The Kier molecular flexibility index (Phi) is 10.9. The van der Waals surface area contributed by atoms with E-state index >= 15 is 0 Å². The number of carboxylic acids is 1. The normalized spacial score (nSPS) is 10.7. The Balaban J connectivity index is 0. The maximum absolute atomic E-state index is 10.2. The van der Waals surface area contributed by atoms with Gasteiger partial charge in [0.15, 0.2) is 5.96 Å². The van der Waals surface area contributed by atoms with Crippen molar-refractivity contribution in [3.63, 3.8) is 0 Å². The summed E-state index contributed by atoms with van der Waals surface area (Å²) in [6.07, 6.45) is 0.956. The van der Waals surface area contributed by atoms with Gasteiger partial charge < -0.3 is 22.3 Å². The van der Waals surface area contributed by atoms with Gasteiger partial charge in [0, 0.05) is 13.5 Å². The lowest BCUT2D eigenvalue weighted by atomic mass is 10.2. The zero-order valence-corrected chi connectivity index (χ0v) is 9.78. The summed E-state index contributed by atoms with van der Waals surface area (Å²) >= 11 is 4.64. The number of hydrogen-bond donors (Lipinski definition) is 4. The molecule has 0 aliphatic carbocycles. The molecule has 0 spiro atoms. The van der Waals surface area contributed by atoms with E-state index in [2.05, 4.69) is 16.6 Å². The molecule has 0 rings (SSSR count). The molecule has 7 N–H and O–H groups in total. The topological polar surface area (TPSA) is 145 Å². The summed E-state index contributed by atoms with van der Waals surface area (Å²) in [5.74, 6) is -0.987. The smallest absolute Gasteiger partial charge is 0.320 e. The van der Waals surface area contributed by atoms with Crippen LogP contribution in [0, 0.1) is 0 Å². The molecule has 8 heteroatoms. The number of halogens is 1. The quantitative estimate of drug-likeness (QED) is 0.219. The van der Waals surface area contributed by atoms with Crippen LogP contribution in [0.5, 0.6) is 0 Å². The maximum Gasteiger partial charge on any atom is 0.320 e. The van der Waals surface area contributed by atoms with E-state index in [1.165, 1.54) is 6.92 Å². The van der Waals surface area contributed by atoms with E-state index in [0.717, 1.165) is 0 Å². The first-order valence-electron chi connectivity index (χ1n) is 4.47. The summed E-state index contributed by atoms with van der Waals surface area (Å²) in [7, 11) is 0. The van der Waals surface area contributed by atoms with Crippen molar-refractivity contribution in [1.29, 1.82) is 0 Å². The predicted molar refractivity (Wildman–Crippen MR) is 62.1 cm³/mol. The third-order valence-corrected chi connectivity index (χ3v) is 1.28. The van der Waals surface area contributed by atoms with Gasteiger partial charge in [-0.25, -0.2) is 0 Å². The second-order valence-corrected chi connectivity index (χ2v) is 3.40. The average molecular weight is 253 g/mol. The van der Waals surface area contributed by atoms with Gasteiger partial charge in [-0.3, -0.25) is 14.6 Å². The predicted octanol–water partition coefficient (Wildman–Crippen LogP) is -0.776. The number of aliphatic imine (C=N–C) groups is 1. The van der Waals surface area contributed by atoms with Crippen molar-refractivity contribution >= 4 is 28.8 Å². The lowest BCUT2D eigenvalue weighted by molar-refractivity contribution is -0.138. The van der Waals surface area contributed by atoms with E-state index in [1.54, 1.807) is 0 Å². The first-order chi connectivity index (χ1) is 7.27. The van der Waals surface area contributed by atoms with Crippen molar-refractivity contribution in [3.05, 3.63) is 0 Å². The molecule has 0 aromatic rings. The number of carbonyl (C=O) groups is 2. The molecule has 0 aromatic heterocycles. The monoisotopic (exact) mass is 252 g/mol. The molecule has 94 valence electrons. The van der Waals surface area contributed by atoms with Gasteiger partial charge in [0.05, 0.1) is 0 Å². The van der Waals surface area contributed by atoms with Gasteiger partial charge >= 0.3 is 5.97 Å². The molecule has 7 nitrogen and oxygen atoms in total. The van der Waals surface area contributed by atoms with Crippen LogP contribution in [0.1, 0.15) is 19.8 Å². The number of hydrogen-bond acceptors (Lipinski definition) is 4. The molecule has 0 aliphatic heterocycles. The van der Waals surface area contributed by atoms with Crippen LogP contribution >= 0.6 is 11.6 Å². The summed E-state index contributed by atoms with van der Waals surface area (Å²) in [6.45, 7) is 1.71. The van der Waals surface area contributed by atoms with E-state index in [0.29, 0.717) is 19.4 Å². The summed E-state index contributed by atoms with van der Waals surface area (Å²) in [5, 5.41) is 8.02. The minimum absolute atomic E-state index is 0.0129. The van der Waals surface area contributed by atoms with Gasteiger partial charge in [-0.1, -0.05) is 0 Å². The van der Waals surface area contributed by atoms with Crippen molar-refractivity contribution in [2.75, 3.05) is 6.54 Å². The van der Waals surface area contributed by atoms with Crippen LogP contribution < -0.4 is 17.2 Å². The van der Waals surface area contributed by atoms with Crippen molar-refractivity contribution in [3.8, 4) is 0 Å². The maximum atomic E-state index is 10.2. The Bertz CT molecular complexity index is 250. The Morgan fingerprint density at radius 3 is 2.19 bits per heavy atom. The van der Waals surface area contributed by atoms with Crippen LogP contribution in [-0.2, 0) is 9.59 Å². The first-order valence-corrected chi connectivity index (χ1v) is 4.85. The number of rotatable bonds is 5. The average Bonchev–Trinajstić information content (AvgIpc) is 2.10. The Morgan fingerprint density at radius 2 is 1.88 bits per heavy atom. The molecule has 0 saturated carbocycles. The van der Waals surface area contributed by atoms with Crippen LogP contribution in [0.3, 0.4) is 0 Å². The highest BCUT2D eigenvalue weighted by molar-refractivity contribution is 6.62. The van der Waals surface area contributed by atoms with Gasteiger partial charge in [0.25, 0.3) is 0 Å². The SMILES string of the molecule is CC(=O)Cl.NC(N)=NCCCC(N)C(=O)O. The van der Waals surface area contributed by atoms with Gasteiger partial charge in [-0.2, -0.15) is 0 Å². The number of carbonyl (C=O) groups excluding carboxylic acids is 1. The molecular formula is C8H17ClN4O3. The Labute approximate surface area is 98.6 Å². The largest absolute Gasteiger partial charge is 0.480 e. The molecule has 0 radical (unpaired) electrons. The van der Waals surface area contributed by atoms with Gasteiger partial charge in [0.2, 0.25) is 5.24 Å². The van der Waals surface area contributed by atoms with E-state index in [4.69, 9.17) is 22.3 Å². The lowest BCUT2D eigenvalue weighted by Gasteiger charge is -2.03. The standard InChI is InChI=1S/C6H14N4O2.C2H3ClO/c7-4(5(11)12)2-1-3-10-6(8)9;1-2(3)4/h4H,1-3,7H2,(H,11,12)(H4,8,9,10);1H3. The minimum atomic E-state index is -1.00. The van der Waals surface area contributed by atoms with Gasteiger partial charge in [0.1, 0.15) is 6.04 Å². The number of guanidine groups is 1. The van der Waals surface area contributed by atoms with Crippen LogP contribution in [0.15, 0.2) is 4.99 Å². The second-order valence-electron chi connectivity index (χ2n) is 2.86. The molecule has 0 bridgehead atoms.